The second-order valence-electron chi connectivity index (χ2n) is 14.8. The first kappa shape index (κ1) is 31.2. The molecule has 6 nitrogen and oxygen atoms in total. The fraction of sp³-hybridized carbons (Fsp3) is 0.600. The molecule has 2 fully saturated rings. The van der Waals surface area contributed by atoms with Gasteiger partial charge in [0.1, 0.15) is 12.2 Å². The summed E-state index contributed by atoms with van der Waals surface area (Å²) in [6.07, 6.45) is 14.6. The predicted molar refractivity (Wildman–Crippen MR) is 165 cm³/mol. The van der Waals surface area contributed by atoms with Gasteiger partial charge in [-0.1, -0.05) is 36.5 Å². The maximum atomic E-state index is 13.6. The van der Waals surface area contributed by atoms with Gasteiger partial charge in [0.05, 0.1) is 11.1 Å². The molecule has 0 spiro atoms. The first-order valence-electron chi connectivity index (χ1n) is 15.0. The van der Waals surface area contributed by atoms with Crippen molar-refractivity contribution >= 4 is 11.9 Å². The molecule has 0 N–H and O–H groups in total. The summed E-state index contributed by atoms with van der Waals surface area (Å²) in [5, 5.41) is 0. The summed E-state index contributed by atoms with van der Waals surface area (Å²) in [5.74, 6) is -0.877. The highest BCUT2D eigenvalue weighted by Crippen LogP contribution is 2.40. The molecule has 1 aromatic rings. The molecule has 3 aliphatic rings. The predicted octanol–water partition coefficient (Wildman–Crippen LogP) is 7.07. The molecule has 0 saturated carbocycles. The largest absolute Gasteiger partial charge is 0.459 e. The van der Waals surface area contributed by atoms with Crippen LogP contribution in [0.2, 0.25) is 0 Å². The van der Waals surface area contributed by atoms with Crippen molar-refractivity contribution in [3.63, 3.8) is 0 Å². The molecular weight excluding hydrogens is 512 g/mol. The first-order valence-corrected chi connectivity index (χ1v) is 15.0. The third-order valence-corrected chi connectivity index (χ3v) is 9.87. The van der Waals surface area contributed by atoms with E-state index in [1.54, 1.807) is 6.07 Å². The van der Waals surface area contributed by atoms with Crippen molar-refractivity contribution in [3.8, 4) is 0 Å². The number of benzene rings is 1. The van der Waals surface area contributed by atoms with Gasteiger partial charge in [0.25, 0.3) is 0 Å². The number of hydrogen-bond acceptors (Lipinski definition) is 6. The highest BCUT2D eigenvalue weighted by molar-refractivity contribution is 5.96. The SMILES string of the molecule is CN1C(C)(C)CC(OC(=O)c2cc(C(=O)OC3CC(C)(C)N(C)C(C)(C)C3)cc(C3C=CC=CC=C3)c2)CC1(C)C. The van der Waals surface area contributed by atoms with Crippen molar-refractivity contribution in [3.05, 3.63) is 71.3 Å². The lowest BCUT2D eigenvalue weighted by Gasteiger charge is -2.53. The number of nitrogens with zero attached hydrogens (tertiary/aromatic N) is 2. The molecule has 41 heavy (non-hydrogen) atoms. The van der Waals surface area contributed by atoms with E-state index in [1.807, 2.05) is 36.4 Å². The van der Waals surface area contributed by atoms with Crippen molar-refractivity contribution in [1.29, 1.82) is 0 Å². The Kier molecular flexibility index (Phi) is 8.52. The van der Waals surface area contributed by atoms with Gasteiger partial charge in [-0.15, -0.1) is 0 Å². The number of esters is 2. The van der Waals surface area contributed by atoms with E-state index in [-0.39, 0.29) is 40.3 Å². The minimum atomic E-state index is -0.400. The Morgan fingerprint density at radius 3 is 1.29 bits per heavy atom. The highest BCUT2D eigenvalue weighted by Gasteiger charge is 2.45. The van der Waals surface area contributed by atoms with Crippen LogP contribution < -0.4 is 0 Å². The normalized spacial score (nSPS) is 24.6. The Morgan fingerprint density at radius 2 is 0.951 bits per heavy atom. The number of piperidine rings is 2. The fourth-order valence-corrected chi connectivity index (χ4v) is 7.03. The van der Waals surface area contributed by atoms with Gasteiger partial charge in [0.2, 0.25) is 0 Å². The Balaban J connectivity index is 1.62. The van der Waals surface area contributed by atoms with E-state index in [0.29, 0.717) is 11.1 Å². The summed E-state index contributed by atoms with van der Waals surface area (Å²) in [7, 11) is 4.27. The lowest BCUT2D eigenvalue weighted by Crippen LogP contribution is -2.60. The molecule has 1 aromatic carbocycles. The van der Waals surface area contributed by atoms with E-state index in [4.69, 9.17) is 9.47 Å². The summed E-state index contributed by atoms with van der Waals surface area (Å²) >= 11 is 0. The van der Waals surface area contributed by atoms with E-state index >= 15 is 0 Å². The fourth-order valence-electron chi connectivity index (χ4n) is 7.03. The summed E-state index contributed by atoms with van der Waals surface area (Å²) in [6, 6.07) is 5.36. The monoisotopic (exact) mass is 562 g/mol. The minimum absolute atomic E-state index is 0.0771. The van der Waals surface area contributed by atoms with Gasteiger partial charge in [0, 0.05) is 53.8 Å². The van der Waals surface area contributed by atoms with Crippen LogP contribution in [-0.2, 0) is 9.47 Å². The molecule has 0 radical (unpaired) electrons. The second kappa shape index (κ2) is 11.2. The van der Waals surface area contributed by atoms with Crippen LogP contribution in [0.1, 0.15) is 113 Å². The zero-order valence-corrected chi connectivity index (χ0v) is 26.8. The molecular formula is C35H50N2O4. The van der Waals surface area contributed by atoms with E-state index in [2.05, 4.69) is 91.4 Å². The highest BCUT2D eigenvalue weighted by atomic mass is 16.5. The minimum Gasteiger partial charge on any atom is -0.459 e. The van der Waals surface area contributed by atoms with Crippen LogP contribution in [0, 0.1) is 0 Å². The number of hydrogen-bond donors (Lipinski definition) is 0. The van der Waals surface area contributed by atoms with Gasteiger partial charge in [-0.05, 0) is 93.2 Å². The van der Waals surface area contributed by atoms with Gasteiger partial charge in [-0.2, -0.15) is 0 Å². The molecule has 0 aromatic heterocycles. The smallest absolute Gasteiger partial charge is 0.338 e. The average molecular weight is 563 g/mol. The van der Waals surface area contributed by atoms with Crippen molar-refractivity contribution in [2.24, 2.45) is 0 Å². The summed E-state index contributed by atoms with van der Waals surface area (Å²) < 4.78 is 12.3. The maximum Gasteiger partial charge on any atom is 0.338 e. The number of likely N-dealkylation sites (tertiary alicyclic amines) is 2. The maximum absolute atomic E-state index is 13.6. The van der Waals surface area contributed by atoms with Crippen LogP contribution in [0.5, 0.6) is 0 Å². The van der Waals surface area contributed by atoms with Crippen LogP contribution in [0.15, 0.2) is 54.7 Å². The molecule has 1 aliphatic carbocycles. The first-order chi connectivity index (χ1) is 18.9. The molecule has 2 heterocycles. The number of rotatable bonds is 5. The van der Waals surface area contributed by atoms with Crippen LogP contribution in [0.4, 0.5) is 0 Å². The van der Waals surface area contributed by atoms with Crippen molar-refractivity contribution < 1.29 is 19.1 Å². The summed E-state index contributed by atoms with van der Waals surface area (Å²) in [6.45, 7) is 17.5. The second-order valence-corrected chi connectivity index (χ2v) is 14.8. The van der Waals surface area contributed by atoms with Gasteiger partial charge < -0.3 is 9.47 Å². The van der Waals surface area contributed by atoms with Crippen LogP contribution in [0.3, 0.4) is 0 Å². The molecule has 0 unspecified atom stereocenters. The Labute approximate surface area is 247 Å². The van der Waals surface area contributed by atoms with Gasteiger partial charge in [-0.25, -0.2) is 9.59 Å². The average Bonchev–Trinajstić information content (AvgIpc) is 3.14. The van der Waals surface area contributed by atoms with Gasteiger partial charge in [-0.3, -0.25) is 9.80 Å². The van der Waals surface area contributed by atoms with E-state index < -0.39 is 11.9 Å². The zero-order chi connectivity index (χ0) is 30.4. The van der Waals surface area contributed by atoms with E-state index in [0.717, 1.165) is 31.2 Å². The van der Waals surface area contributed by atoms with E-state index in [9.17, 15) is 9.59 Å². The van der Waals surface area contributed by atoms with Crippen LogP contribution >= 0.6 is 0 Å². The standard InChI is InChI=1S/C35H50N2O4/c1-32(2)20-28(21-33(3,4)36(32)9)40-30(38)26-17-25(24-15-13-11-12-14-16-24)18-27(19-26)31(39)41-29-22-34(5,6)37(10)35(7,8)23-29/h11-19,24,28-29H,20-23H2,1-10H3. The van der Waals surface area contributed by atoms with Gasteiger partial charge >= 0.3 is 11.9 Å². The molecule has 224 valence electrons. The third-order valence-electron chi connectivity index (χ3n) is 9.87. The summed E-state index contributed by atoms with van der Waals surface area (Å²) in [4.78, 5) is 32.0. The van der Waals surface area contributed by atoms with Crippen molar-refractivity contribution in [2.45, 2.75) is 121 Å². The molecule has 0 bridgehead atoms. The lowest BCUT2D eigenvalue weighted by molar-refractivity contribution is -0.0736. The van der Waals surface area contributed by atoms with Crippen molar-refractivity contribution in [1.82, 2.24) is 9.80 Å². The third kappa shape index (κ3) is 6.86. The molecule has 2 saturated heterocycles. The zero-order valence-electron chi connectivity index (χ0n) is 26.8. The number of ether oxygens (including phenoxy) is 2. The Morgan fingerprint density at radius 1 is 0.610 bits per heavy atom. The molecule has 4 rings (SSSR count). The molecule has 0 amide bonds. The van der Waals surface area contributed by atoms with Crippen LogP contribution in [0.25, 0.3) is 0 Å². The summed E-state index contributed by atoms with van der Waals surface area (Å²) in [5.41, 5.74) is 1.18. The molecule has 2 aliphatic heterocycles. The van der Waals surface area contributed by atoms with Crippen LogP contribution in [-0.4, -0.2) is 70.2 Å². The molecule has 6 heteroatoms. The lowest BCUT2D eigenvalue weighted by atomic mass is 9.78. The molecule has 0 atom stereocenters. The Bertz CT molecular complexity index is 1130. The quantitative estimate of drug-likeness (QED) is 0.358. The van der Waals surface area contributed by atoms with Gasteiger partial charge in [0.15, 0.2) is 0 Å². The topological polar surface area (TPSA) is 59.1 Å². The van der Waals surface area contributed by atoms with Crippen molar-refractivity contribution in [2.75, 3.05) is 14.1 Å². The van der Waals surface area contributed by atoms with E-state index in [1.165, 1.54) is 0 Å². The number of allylic oxidation sites excluding steroid dienone is 6. The Hall–Kier alpha value is -2.70. The number of carbonyl (C=O) groups excluding carboxylic acids is 2. The number of carbonyl (C=O) groups is 2.